The second-order valence-corrected chi connectivity index (χ2v) is 8.14. The minimum atomic E-state index is -0.654. The van der Waals surface area contributed by atoms with Gasteiger partial charge in [-0.25, -0.2) is 9.78 Å². The summed E-state index contributed by atoms with van der Waals surface area (Å²) in [5, 5.41) is 3.46. The van der Waals surface area contributed by atoms with Crippen molar-refractivity contribution in [3.63, 3.8) is 0 Å². The predicted octanol–water partition coefficient (Wildman–Crippen LogP) is 3.28. The van der Waals surface area contributed by atoms with Crippen molar-refractivity contribution in [3.05, 3.63) is 21.2 Å². The normalized spacial score (nSPS) is 22.5. The lowest BCUT2D eigenvalue weighted by atomic mass is 9.87. The number of esters is 1. The highest BCUT2D eigenvalue weighted by atomic mass is 35.5. The zero-order valence-corrected chi connectivity index (χ0v) is 15.9. The first kappa shape index (κ1) is 18.2. The molecular weight excluding hydrogens is 342 g/mol. The molecule has 6 nitrogen and oxygen atoms in total. The summed E-state index contributed by atoms with van der Waals surface area (Å²) in [6.45, 7) is 4.64. The summed E-state index contributed by atoms with van der Waals surface area (Å²) in [6.07, 6.45) is 6.58. The van der Waals surface area contributed by atoms with E-state index in [1.807, 2.05) is 13.8 Å². The first-order valence-corrected chi connectivity index (χ1v) is 9.37. The lowest BCUT2D eigenvalue weighted by Gasteiger charge is -2.23. The molecule has 7 heteroatoms. The molecular formula is C18H26ClN3O3. The van der Waals surface area contributed by atoms with Crippen molar-refractivity contribution in [1.29, 1.82) is 0 Å². The molecule has 0 aromatic carbocycles. The lowest BCUT2D eigenvalue weighted by molar-refractivity contribution is -0.144. The van der Waals surface area contributed by atoms with Gasteiger partial charge < -0.3 is 10.1 Å². The number of rotatable bonds is 4. The van der Waals surface area contributed by atoms with Crippen LogP contribution >= 0.6 is 11.6 Å². The number of carbonyl (C=O) groups excluding carboxylic acids is 1. The molecule has 1 fully saturated rings. The van der Waals surface area contributed by atoms with Crippen molar-refractivity contribution in [3.8, 4) is 0 Å². The van der Waals surface area contributed by atoms with Gasteiger partial charge in [0.15, 0.2) is 11.0 Å². The highest BCUT2D eigenvalue weighted by Gasteiger charge is 2.44. The van der Waals surface area contributed by atoms with E-state index in [1.165, 1.54) is 43.8 Å². The molecule has 0 radical (unpaired) electrons. The van der Waals surface area contributed by atoms with E-state index in [4.69, 9.17) is 16.3 Å². The molecule has 1 saturated carbocycles. The lowest BCUT2D eigenvalue weighted by Crippen LogP contribution is -2.32. The predicted molar refractivity (Wildman–Crippen MR) is 97.3 cm³/mol. The standard InChI is InChI=1S/C18H26ClN3O3/c1-18(2)9-12(17(24)25-3)22-13(18)14(19)21-15(16(22)23)20-10-11-7-5-4-6-8-11/h11-12H,4-10H2,1-3H3,(H,20,21)/t12-/m0/s1. The SMILES string of the molecule is COC(=O)[C@@H]1CC(C)(C)c2c(Cl)nc(NCC3CCCCC3)c(=O)n21. The average Bonchev–Trinajstić information content (AvgIpc) is 2.89. The first-order chi connectivity index (χ1) is 11.8. The zero-order chi connectivity index (χ0) is 18.2. The second kappa shape index (κ2) is 6.98. The smallest absolute Gasteiger partial charge is 0.329 e. The molecule has 1 atom stereocenters. The molecule has 1 aromatic rings. The number of aromatic nitrogens is 2. The third kappa shape index (κ3) is 3.41. The third-order valence-electron chi connectivity index (χ3n) is 5.48. The molecule has 1 aromatic heterocycles. The number of nitrogens with zero attached hydrogens (tertiary/aromatic N) is 2. The van der Waals surface area contributed by atoms with Gasteiger partial charge in [-0.05, 0) is 25.2 Å². The molecule has 25 heavy (non-hydrogen) atoms. The number of halogens is 1. The molecule has 0 bridgehead atoms. The van der Waals surface area contributed by atoms with Gasteiger partial charge in [0.05, 0.1) is 12.8 Å². The third-order valence-corrected chi connectivity index (χ3v) is 5.74. The number of carbonyl (C=O) groups is 1. The van der Waals surface area contributed by atoms with Crippen LogP contribution < -0.4 is 10.9 Å². The van der Waals surface area contributed by atoms with Gasteiger partial charge in [-0.1, -0.05) is 44.7 Å². The van der Waals surface area contributed by atoms with Crippen LogP contribution in [0.5, 0.6) is 0 Å². The Morgan fingerprint density at radius 1 is 1.36 bits per heavy atom. The van der Waals surface area contributed by atoms with Crippen molar-refractivity contribution in [1.82, 2.24) is 9.55 Å². The number of anilines is 1. The average molecular weight is 368 g/mol. The monoisotopic (exact) mass is 367 g/mol. The van der Waals surface area contributed by atoms with Gasteiger partial charge in [-0.15, -0.1) is 0 Å². The van der Waals surface area contributed by atoms with Crippen molar-refractivity contribution in [2.75, 3.05) is 19.0 Å². The second-order valence-electron chi connectivity index (χ2n) is 7.79. The van der Waals surface area contributed by atoms with Crippen LogP contribution in [0.4, 0.5) is 5.82 Å². The summed E-state index contributed by atoms with van der Waals surface area (Å²) in [6, 6.07) is -0.654. The maximum absolute atomic E-state index is 13.0. The van der Waals surface area contributed by atoms with Gasteiger partial charge in [-0.2, -0.15) is 0 Å². The van der Waals surface area contributed by atoms with E-state index in [0.29, 0.717) is 24.6 Å². The molecule has 2 aliphatic rings. The van der Waals surface area contributed by atoms with Gasteiger partial charge >= 0.3 is 5.97 Å². The minimum Gasteiger partial charge on any atom is -0.467 e. The molecule has 1 aliphatic heterocycles. The Morgan fingerprint density at radius 3 is 2.68 bits per heavy atom. The molecule has 1 N–H and O–H groups in total. The largest absolute Gasteiger partial charge is 0.467 e. The number of ether oxygens (including phenoxy) is 1. The van der Waals surface area contributed by atoms with Crippen LogP contribution in [0.3, 0.4) is 0 Å². The van der Waals surface area contributed by atoms with Crippen LogP contribution in [-0.4, -0.2) is 29.2 Å². The molecule has 1 aliphatic carbocycles. The van der Waals surface area contributed by atoms with Crippen molar-refractivity contribution < 1.29 is 9.53 Å². The number of hydrogen-bond donors (Lipinski definition) is 1. The molecule has 0 saturated heterocycles. The Hall–Kier alpha value is -1.56. The molecule has 138 valence electrons. The molecule has 0 spiro atoms. The van der Waals surface area contributed by atoms with Crippen LogP contribution in [0.25, 0.3) is 0 Å². The van der Waals surface area contributed by atoms with E-state index in [9.17, 15) is 9.59 Å². The Balaban J connectivity index is 1.93. The Kier molecular flexibility index (Phi) is 5.09. The van der Waals surface area contributed by atoms with E-state index in [-0.39, 0.29) is 16.5 Å². The summed E-state index contributed by atoms with van der Waals surface area (Å²) in [7, 11) is 1.34. The van der Waals surface area contributed by atoms with Crippen LogP contribution in [0, 0.1) is 5.92 Å². The summed E-state index contributed by atoms with van der Waals surface area (Å²) in [4.78, 5) is 29.5. The summed E-state index contributed by atoms with van der Waals surface area (Å²) >= 11 is 6.40. The van der Waals surface area contributed by atoms with Crippen molar-refractivity contribution >= 4 is 23.4 Å². The number of nitrogens with one attached hydrogen (secondary N) is 1. The van der Waals surface area contributed by atoms with Gasteiger partial charge in [0, 0.05) is 12.0 Å². The number of methoxy groups -OCH3 is 1. The van der Waals surface area contributed by atoms with Crippen LogP contribution in [0.15, 0.2) is 4.79 Å². The Morgan fingerprint density at radius 2 is 2.04 bits per heavy atom. The summed E-state index contributed by atoms with van der Waals surface area (Å²) in [5.74, 6) is 0.361. The van der Waals surface area contributed by atoms with Crippen LogP contribution in [0.2, 0.25) is 5.15 Å². The Labute approximate surface area is 152 Å². The Bertz CT molecular complexity index is 723. The van der Waals surface area contributed by atoms with Crippen molar-refractivity contribution in [2.45, 2.75) is 63.8 Å². The van der Waals surface area contributed by atoms with Gasteiger partial charge in [0.1, 0.15) is 6.04 Å². The van der Waals surface area contributed by atoms with E-state index in [1.54, 1.807) is 0 Å². The number of hydrogen-bond acceptors (Lipinski definition) is 5. The first-order valence-electron chi connectivity index (χ1n) is 8.99. The van der Waals surface area contributed by atoms with Gasteiger partial charge in [-0.3, -0.25) is 9.36 Å². The van der Waals surface area contributed by atoms with E-state index in [2.05, 4.69) is 10.3 Å². The van der Waals surface area contributed by atoms with Gasteiger partial charge in [0.25, 0.3) is 5.56 Å². The maximum atomic E-state index is 13.0. The highest BCUT2D eigenvalue weighted by molar-refractivity contribution is 6.30. The topological polar surface area (TPSA) is 73.2 Å². The quantitative estimate of drug-likeness (QED) is 0.826. The van der Waals surface area contributed by atoms with Gasteiger partial charge in [0.2, 0.25) is 0 Å². The zero-order valence-electron chi connectivity index (χ0n) is 15.1. The molecule has 2 heterocycles. The van der Waals surface area contributed by atoms with E-state index < -0.39 is 17.4 Å². The molecule has 3 rings (SSSR count). The minimum absolute atomic E-state index is 0.228. The maximum Gasteiger partial charge on any atom is 0.329 e. The fourth-order valence-electron chi connectivity index (χ4n) is 4.16. The van der Waals surface area contributed by atoms with Crippen LogP contribution in [0.1, 0.15) is 64.1 Å². The number of fused-ring (bicyclic) bond motifs is 1. The van der Waals surface area contributed by atoms with Crippen molar-refractivity contribution in [2.24, 2.45) is 5.92 Å². The highest BCUT2D eigenvalue weighted by Crippen LogP contribution is 2.43. The van der Waals surface area contributed by atoms with Crippen LogP contribution in [-0.2, 0) is 14.9 Å². The summed E-state index contributed by atoms with van der Waals surface area (Å²) < 4.78 is 6.37. The fraction of sp³-hybridized carbons (Fsp3) is 0.722. The molecule has 0 unspecified atom stereocenters. The summed E-state index contributed by atoms with van der Waals surface area (Å²) in [5.41, 5.74) is -0.0988. The molecule has 0 amide bonds. The fourth-order valence-corrected chi connectivity index (χ4v) is 4.59. The van der Waals surface area contributed by atoms with E-state index in [0.717, 1.165) is 0 Å². The van der Waals surface area contributed by atoms with E-state index >= 15 is 0 Å².